The van der Waals surface area contributed by atoms with Crippen molar-refractivity contribution in [1.29, 1.82) is 0 Å². The molecule has 1 aliphatic rings. The topological polar surface area (TPSA) is 49.4 Å². The fourth-order valence-corrected chi connectivity index (χ4v) is 3.79. The molecule has 2 unspecified atom stereocenters. The molecule has 0 spiro atoms. The predicted molar refractivity (Wildman–Crippen MR) is 85.2 cm³/mol. The first kappa shape index (κ1) is 16.2. The molecule has 1 aromatic rings. The zero-order valence-corrected chi connectivity index (χ0v) is 13.8. The van der Waals surface area contributed by atoms with E-state index < -0.39 is 0 Å². The minimum absolute atomic E-state index is 0.0328. The summed E-state index contributed by atoms with van der Waals surface area (Å²) in [6, 6.07) is 4.01. The van der Waals surface area contributed by atoms with Crippen LogP contribution in [0, 0.1) is 0 Å². The molecule has 1 saturated heterocycles. The third-order valence-electron chi connectivity index (χ3n) is 4.06. The lowest BCUT2D eigenvalue weighted by atomic mass is 10.1. The van der Waals surface area contributed by atoms with Crippen molar-refractivity contribution >= 4 is 23.2 Å². The number of carbonyl (C=O) groups excluding carboxylic acids is 2. The molecular formula is C16H24N2O2S. The van der Waals surface area contributed by atoms with Crippen LogP contribution in [0.25, 0.3) is 0 Å². The smallest absolute Gasteiger partial charge is 0.247 e. The SMILES string of the molecule is CCC(CC)N1C(=O)CC(NC(C)Cc2cccs2)C1=O. The fraction of sp³-hybridized carbons (Fsp3) is 0.625. The molecule has 2 heterocycles. The van der Waals surface area contributed by atoms with Crippen LogP contribution in [0.5, 0.6) is 0 Å². The number of thiophene rings is 1. The van der Waals surface area contributed by atoms with Crippen LogP contribution in [0.1, 0.15) is 44.9 Å². The summed E-state index contributed by atoms with van der Waals surface area (Å²) in [5.74, 6) is -0.0822. The molecule has 0 saturated carbocycles. The Morgan fingerprint density at radius 2 is 2.10 bits per heavy atom. The fourth-order valence-electron chi connectivity index (χ4n) is 2.95. The molecule has 0 aliphatic carbocycles. The molecular weight excluding hydrogens is 284 g/mol. The van der Waals surface area contributed by atoms with Crippen molar-refractivity contribution in [2.45, 2.75) is 64.6 Å². The summed E-state index contributed by atoms with van der Waals surface area (Å²) >= 11 is 1.72. The second-order valence-electron chi connectivity index (χ2n) is 5.68. The van der Waals surface area contributed by atoms with Crippen molar-refractivity contribution < 1.29 is 9.59 Å². The molecule has 2 atom stereocenters. The van der Waals surface area contributed by atoms with Gasteiger partial charge in [0.2, 0.25) is 11.8 Å². The number of nitrogens with one attached hydrogen (secondary N) is 1. The van der Waals surface area contributed by atoms with Crippen molar-refractivity contribution in [2.75, 3.05) is 0 Å². The zero-order valence-electron chi connectivity index (χ0n) is 13.0. The third-order valence-corrected chi connectivity index (χ3v) is 4.96. The van der Waals surface area contributed by atoms with Gasteiger partial charge in [-0.3, -0.25) is 14.5 Å². The number of hydrogen-bond acceptors (Lipinski definition) is 4. The number of nitrogens with zero attached hydrogens (tertiary/aromatic N) is 1. The van der Waals surface area contributed by atoms with Crippen molar-refractivity contribution in [3.63, 3.8) is 0 Å². The predicted octanol–water partition coefficient (Wildman–Crippen LogP) is 2.58. The summed E-state index contributed by atoms with van der Waals surface area (Å²) in [5, 5.41) is 5.38. The van der Waals surface area contributed by atoms with Gasteiger partial charge in [0, 0.05) is 17.0 Å². The molecule has 2 rings (SSSR count). The minimum Gasteiger partial charge on any atom is -0.303 e. The van der Waals surface area contributed by atoms with E-state index in [1.807, 2.05) is 19.9 Å². The Balaban J connectivity index is 1.95. The van der Waals surface area contributed by atoms with Gasteiger partial charge in [-0.05, 0) is 37.6 Å². The molecule has 1 N–H and O–H groups in total. The van der Waals surface area contributed by atoms with Gasteiger partial charge in [-0.15, -0.1) is 11.3 Å². The average Bonchev–Trinajstić information content (AvgIpc) is 3.03. The van der Waals surface area contributed by atoms with Crippen LogP contribution >= 0.6 is 11.3 Å². The van der Waals surface area contributed by atoms with Crippen LogP contribution in [-0.4, -0.2) is 34.8 Å². The third kappa shape index (κ3) is 3.71. The van der Waals surface area contributed by atoms with Crippen LogP contribution in [-0.2, 0) is 16.0 Å². The monoisotopic (exact) mass is 308 g/mol. The Morgan fingerprint density at radius 1 is 1.38 bits per heavy atom. The largest absolute Gasteiger partial charge is 0.303 e. The highest BCUT2D eigenvalue weighted by molar-refractivity contribution is 7.09. The van der Waals surface area contributed by atoms with E-state index in [0.29, 0.717) is 6.42 Å². The maximum Gasteiger partial charge on any atom is 0.247 e. The highest BCUT2D eigenvalue weighted by Gasteiger charge is 2.41. The molecule has 4 nitrogen and oxygen atoms in total. The van der Waals surface area contributed by atoms with Gasteiger partial charge in [-0.2, -0.15) is 0 Å². The Labute approximate surface area is 130 Å². The first-order valence-electron chi connectivity index (χ1n) is 7.71. The Bertz CT molecular complexity index is 482. The summed E-state index contributed by atoms with van der Waals surface area (Å²) in [6.07, 6.45) is 2.83. The number of imide groups is 1. The molecule has 2 amide bonds. The summed E-state index contributed by atoms with van der Waals surface area (Å²) in [4.78, 5) is 27.4. The van der Waals surface area contributed by atoms with Gasteiger partial charge in [0.05, 0.1) is 12.5 Å². The molecule has 116 valence electrons. The highest BCUT2D eigenvalue weighted by Crippen LogP contribution is 2.21. The van der Waals surface area contributed by atoms with Gasteiger partial charge in [0.1, 0.15) is 0 Å². The molecule has 0 radical (unpaired) electrons. The number of carbonyl (C=O) groups is 2. The molecule has 21 heavy (non-hydrogen) atoms. The lowest BCUT2D eigenvalue weighted by Crippen LogP contribution is -2.46. The molecule has 1 fully saturated rings. The molecule has 1 aliphatic heterocycles. The van der Waals surface area contributed by atoms with E-state index in [1.165, 1.54) is 9.78 Å². The lowest BCUT2D eigenvalue weighted by molar-refractivity contribution is -0.141. The second kappa shape index (κ2) is 7.18. The van der Waals surface area contributed by atoms with E-state index in [0.717, 1.165) is 19.3 Å². The maximum absolute atomic E-state index is 12.5. The Hall–Kier alpha value is -1.20. The second-order valence-corrected chi connectivity index (χ2v) is 6.71. The van der Waals surface area contributed by atoms with Gasteiger partial charge in [-0.25, -0.2) is 0 Å². The highest BCUT2D eigenvalue weighted by atomic mass is 32.1. The average molecular weight is 308 g/mol. The van der Waals surface area contributed by atoms with E-state index in [9.17, 15) is 9.59 Å². The molecule has 5 heteroatoms. The van der Waals surface area contributed by atoms with Crippen molar-refractivity contribution in [3.05, 3.63) is 22.4 Å². The van der Waals surface area contributed by atoms with E-state index in [2.05, 4.69) is 23.7 Å². The van der Waals surface area contributed by atoms with Gasteiger partial charge < -0.3 is 5.32 Å². The van der Waals surface area contributed by atoms with E-state index >= 15 is 0 Å². The molecule has 0 bridgehead atoms. The normalized spacial score (nSPS) is 20.6. The number of amides is 2. The number of rotatable bonds is 7. The van der Waals surface area contributed by atoms with Crippen LogP contribution in [0.2, 0.25) is 0 Å². The molecule has 1 aromatic heterocycles. The summed E-state index contributed by atoms with van der Waals surface area (Å²) in [7, 11) is 0. The Morgan fingerprint density at radius 3 is 2.67 bits per heavy atom. The summed E-state index contributed by atoms with van der Waals surface area (Å²) in [5.41, 5.74) is 0. The van der Waals surface area contributed by atoms with E-state index in [4.69, 9.17) is 0 Å². The lowest BCUT2D eigenvalue weighted by Gasteiger charge is -2.25. The van der Waals surface area contributed by atoms with Crippen LogP contribution in [0.4, 0.5) is 0 Å². The number of hydrogen-bond donors (Lipinski definition) is 1. The van der Waals surface area contributed by atoms with Gasteiger partial charge >= 0.3 is 0 Å². The van der Waals surface area contributed by atoms with Gasteiger partial charge in [0.25, 0.3) is 0 Å². The summed E-state index contributed by atoms with van der Waals surface area (Å²) < 4.78 is 0. The minimum atomic E-state index is -0.354. The quantitative estimate of drug-likeness (QED) is 0.788. The van der Waals surface area contributed by atoms with Crippen molar-refractivity contribution in [3.8, 4) is 0 Å². The van der Waals surface area contributed by atoms with Gasteiger partial charge in [0.15, 0.2) is 0 Å². The summed E-state index contributed by atoms with van der Waals surface area (Å²) in [6.45, 7) is 6.11. The molecule has 0 aromatic carbocycles. The van der Waals surface area contributed by atoms with Gasteiger partial charge in [-0.1, -0.05) is 19.9 Å². The van der Waals surface area contributed by atoms with Crippen molar-refractivity contribution in [1.82, 2.24) is 10.2 Å². The van der Waals surface area contributed by atoms with E-state index in [1.54, 1.807) is 11.3 Å². The first-order chi connectivity index (χ1) is 10.1. The van der Waals surface area contributed by atoms with Crippen molar-refractivity contribution in [2.24, 2.45) is 0 Å². The standard InChI is InChI=1S/C16H24N2O2S/c1-4-12(5-2)18-15(19)10-14(16(18)20)17-11(3)9-13-7-6-8-21-13/h6-8,11-12,14,17H,4-5,9-10H2,1-3H3. The Kier molecular flexibility index (Phi) is 5.53. The van der Waals surface area contributed by atoms with Crippen LogP contribution < -0.4 is 5.32 Å². The number of likely N-dealkylation sites (tertiary alicyclic amines) is 1. The van der Waals surface area contributed by atoms with Crippen LogP contribution in [0.15, 0.2) is 17.5 Å². The van der Waals surface area contributed by atoms with Crippen LogP contribution in [0.3, 0.4) is 0 Å². The maximum atomic E-state index is 12.5. The first-order valence-corrected chi connectivity index (χ1v) is 8.59. The van der Waals surface area contributed by atoms with E-state index in [-0.39, 0.29) is 29.9 Å². The zero-order chi connectivity index (χ0) is 15.4.